The number of rotatable bonds is 5. The molecule has 7 nitrogen and oxygen atoms in total. The van der Waals surface area contributed by atoms with Crippen LogP contribution < -0.4 is 14.8 Å². The molecule has 0 saturated carbocycles. The number of nitrogens with one attached hydrogen (secondary N) is 1. The molecule has 138 valence electrons. The van der Waals surface area contributed by atoms with Gasteiger partial charge in [0, 0.05) is 37.2 Å². The third-order valence-corrected chi connectivity index (χ3v) is 4.61. The molecule has 1 aliphatic heterocycles. The van der Waals surface area contributed by atoms with Crippen molar-refractivity contribution in [3.05, 3.63) is 36.2 Å². The van der Waals surface area contributed by atoms with Crippen LogP contribution in [0.2, 0.25) is 0 Å². The van der Waals surface area contributed by atoms with Crippen molar-refractivity contribution in [2.24, 2.45) is 5.92 Å². The van der Waals surface area contributed by atoms with Gasteiger partial charge in [0.2, 0.25) is 5.95 Å². The molecular weight excluding hydrogens is 332 g/mol. The van der Waals surface area contributed by atoms with E-state index in [9.17, 15) is 4.79 Å². The Balaban J connectivity index is 1.67. The lowest BCUT2D eigenvalue weighted by Crippen LogP contribution is -2.38. The number of methoxy groups -OCH3 is 2. The Kier molecular flexibility index (Phi) is 5.55. The number of ether oxygens (including phenoxy) is 2. The van der Waals surface area contributed by atoms with Crippen LogP contribution in [-0.4, -0.2) is 48.1 Å². The van der Waals surface area contributed by atoms with Crippen LogP contribution in [0, 0.1) is 5.92 Å². The van der Waals surface area contributed by atoms with Crippen molar-refractivity contribution in [3.63, 3.8) is 0 Å². The van der Waals surface area contributed by atoms with Gasteiger partial charge in [-0.25, -0.2) is 9.97 Å². The predicted molar refractivity (Wildman–Crippen MR) is 99.2 cm³/mol. The maximum Gasteiger partial charge on any atom is 0.256 e. The van der Waals surface area contributed by atoms with Gasteiger partial charge in [-0.15, -0.1) is 0 Å². The summed E-state index contributed by atoms with van der Waals surface area (Å²) in [6.07, 6.45) is 5.23. The quantitative estimate of drug-likeness (QED) is 0.887. The van der Waals surface area contributed by atoms with E-state index in [-0.39, 0.29) is 5.91 Å². The van der Waals surface area contributed by atoms with Gasteiger partial charge in [0.25, 0.3) is 5.91 Å². The number of amides is 1. The lowest BCUT2D eigenvalue weighted by atomic mass is 9.99. The van der Waals surface area contributed by atoms with E-state index in [0.717, 1.165) is 31.6 Å². The molecule has 0 radical (unpaired) electrons. The van der Waals surface area contributed by atoms with Crippen molar-refractivity contribution in [2.75, 3.05) is 32.6 Å². The van der Waals surface area contributed by atoms with E-state index in [2.05, 4.69) is 22.2 Å². The van der Waals surface area contributed by atoms with Crippen LogP contribution >= 0.6 is 0 Å². The van der Waals surface area contributed by atoms with Gasteiger partial charge < -0.3 is 19.7 Å². The summed E-state index contributed by atoms with van der Waals surface area (Å²) in [5.74, 6) is 2.36. The van der Waals surface area contributed by atoms with E-state index in [0.29, 0.717) is 28.9 Å². The topological polar surface area (TPSA) is 76.6 Å². The number of carbonyl (C=O) groups excluding carboxylic acids is 1. The first-order chi connectivity index (χ1) is 12.6. The molecule has 1 saturated heterocycles. The highest BCUT2D eigenvalue weighted by atomic mass is 16.5. The molecule has 0 atom stereocenters. The van der Waals surface area contributed by atoms with Gasteiger partial charge in [-0.1, -0.05) is 6.92 Å². The highest BCUT2D eigenvalue weighted by Gasteiger charge is 2.21. The van der Waals surface area contributed by atoms with Gasteiger partial charge >= 0.3 is 0 Å². The summed E-state index contributed by atoms with van der Waals surface area (Å²) in [6.45, 7) is 3.82. The summed E-state index contributed by atoms with van der Waals surface area (Å²) < 4.78 is 10.5. The van der Waals surface area contributed by atoms with E-state index in [1.807, 2.05) is 11.0 Å². The predicted octanol–water partition coefficient (Wildman–Crippen LogP) is 3.11. The van der Waals surface area contributed by atoms with Crippen molar-refractivity contribution in [2.45, 2.75) is 19.8 Å². The minimum atomic E-state index is -0.00503. The van der Waals surface area contributed by atoms with Gasteiger partial charge in [0.1, 0.15) is 0 Å². The standard InChI is InChI=1S/C19H24N4O3/c1-13-6-8-23(9-7-13)18(24)14-11-20-19(21-12-14)22-15-4-5-16(25-2)17(10-15)26-3/h4-5,10-13H,6-9H2,1-3H3,(H,20,21,22). The number of benzene rings is 1. The van der Waals surface area contributed by atoms with Gasteiger partial charge in [-0.2, -0.15) is 0 Å². The zero-order valence-corrected chi connectivity index (χ0v) is 15.4. The average molecular weight is 356 g/mol. The second-order valence-electron chi connectivity index (χ2n) is 6.46. The van der Waals surface area contributed by atoms with Crippen LogP contribution in [0.5, 0.6) is 11.5 Å². The third-order valence-electron chi connectivity index (χ3n) is 4.61. The summed E-state index contributed by atoms with van der Waals surface area (Å²) in [7, 11) is 3.17. The monoisotopic (exact) mass is 356 g/mol. The van der Waals surface area contributed by atoms with Crippen LogP contribution in [0.15, 0.2) is 30.6 Å². The number of nitrogens with zero attached hydrogens (tertiary/aromatic N) is 3. The number of aromatic nitrogens is 2. The Morgan fingerprint density at radius 3 is 2.38 bits per heavy atom. The molecule has 1 aromatic carbocycles. The molecule has 2 aromatic rings. The molecular formula is C19H24N4O3. The lowest BCUT2D eigenvalue weighted by Gasteiger charge is -2.30. The number of hydrogen-bond acceptors (Lipinski definition) is 6. The van der Waals surface area contributed by atoms with Crippen LogP contribution in [0.3, 0.4) is 0 Å². The molecule has 26 heavy (non-hydrogen) atoms. The van der Waals surface area contributed by atoms with Crippen molar-refractivity contribution in [1.82, 2.24) is 14.9 Å². The number of piperidine rings is 1. The highest BCUT2D eigenvalue weighted by Crippen LogP contribution is 2.30. The molecule has 1 aromatic heterocycles. The second-order valence-corrected chi connectivity index (χ2v) is 6.46. The van der Waals surface area contributed by atoms with Crippen molar-refractivity contribution in [1.29, 1.82) is 0 Å². The number of likely N-dealkylation sites (tertiary alicyclic amines) is 1. The smallest absolute Gasteiger partial charge is 0.256 e. The second kappa shape index (κ2) is 8.03. The Labute approximate surface area is 153 Å². The van der Waals surface area contributed by atoms with E-state index < -0.39 is 0 Å². The fraction of sp³-hybridized carbons (Fsp3) is 0.421. The Hall–Kier alpha value is -2.83. The first-order valence-corrected chi connectivity index (χ1v) is 8.71. The van der Waals surface area contributed by atoms with E-state index in [1.165, 1.54) is 0 Å². The summed E-state index contributed by atoms with van der Waals surface area (Å²) >= 11 is 0. The van der Waals surface area contributed by atoms with Crippen LogP contribution in [0.1, 0.15) is 30.1 Å². The molecule has 0 bridgehead atoms. The maximum absolute atomic E-state index is 12.5. The molecule has 1 fully saturated rings. The largest absolute Gasteiger partial charge is 0.493 e. The fourth-order valence-corrected chi connectivity index (χ4v) is 2.94. The molecule has 1 amide bonds. The first kappa shape index (κ1) is 18.0. The number of anilines is 2. The van der Waals surface area contributed by atoms with Crippen LogP contribution in [0.4, 0.5) is 11.6 Å². The van der Waals surface area contributed by atoms with E-state index >= 15 is 0 Å². The minimum Gasteiger partial charge on any atom is -0.493 e. The molecule has 7 heteroatoms. The highest BCUT2D eigenvalue weighted by molar-refractivity contribution is 5.93. The lowest BCUT2D eigenvalue weighted by molar-refractivity contribution is 0.0696. The molecule has 2 heterocycles. The van der Waals surface area contributed by atoms with Crippen molar-refractivity contribution in [3.8, 4) is 11.5 Å². The van der Waals surface area contributed by atoms with Gasteiger partial charge in [0.05, 0.1) is 19.8 Å². The summed E-state index contributed by atoms with van der Waals surface area (Å²) in [6, 6.07) is 5.45. The fourth-order valence-electron chi connectivity index (χ4n) is 2.94. The summed E-state index contributed by atoms with van der Waals surface area (Å²) in [5.41, 5.74) is 1.28. The van der Waals surface area contributed by atoms with Gasteiger partial charge in [-0.05, 0) is 30.9 Å². The minimum absolute atomic E-state index is 0.00503. The number of carbonyl (C=O) groups is 1. The molecule has 1 aliphatic rings. The van der Waals surface area contributed by atoms with E-state index in [1.54, 1.807) is 38.7 Å². The van der Waals surface area contributed by atoms with Crippen LogP contribution in [-0.2, 0) is 0 Å². The van der Waals surface area contributed by atoms with E-state index in [4.69, 9.17) is 9.47 Å². The number of hydrogen-bond donors (Lipinski definition) is 1. The van der Waals surface area contributed by atoms with Gasteiger partial charge in [0.15, 0.2) is 11.5 Å². The van der Waals surface area contributed by atoms with Crippen molar-refractivity contribution < 1.29 is 14.3 Å². The zero-order chi connectivity index (χ0) is 18.5. The Bertz CT molecular complexity index is 756. The normalized spacial score (nSPS) is 14.8. The Morgan fingerprint density at radius 1 is 1.12 bits per heavy atom. The van der Waals surface area contributed by atoms with Crippen molar-refractivity contribution >= 4 is 17.5 Å². The molecule has 0 aliphatic carbocycles. The molecule has 3 rings (SSSR count). The first-order valence-electron chi connectivity index (χ1n) is 8.71. The van der Waals surface area contributed by atoms with Crippen LogP contribution in [0.25, 0.3) is 0 Å². The molecule has 0 unspecified atom stereocenters. The summed E-state index contributed by atoms with van der Waals surface area (Å²) in [5, 5.41) is 3.10. The summed E-state index contributed by atoms with van der Waals surface area (Å²) in [4.78, 5) is 22.9. The average Bonchev–Trinajstić information content (AvgIpc) is 2.68. The SMILES string of the molecule is COc1ccc(Nc2ncc(C(=O)N3CCC(C)CC3)cn2)cc1OC. The molecule has 1 N–H and O–H groups in total. The van der Waals surface area contributed by atoms with Gasteiger partial charge in [-0.3, -0.25) is 4.79 Å². The Morgan fingerprint density at radius 2 is 1.77 bits per heavy atom. The maximum atomic E-state index is 12.5. The third kappa shape index (κ3) is 4.04. The zero-order valence-electron chi connectivity index (χ0n) is 15.4. The molecule has 0 spiro atoms.